The van der Waals surface area contributed by atoms with Crippen molar-refractivity contribution in [2.45, 2.75) is 47.0 Å². The average Bonchev–Trinajstić information content (AvgIpc) is 2.59. The van der Waals surface area contributed by atoms with Gasteiger partial charge < -0.3 is 5.11 Å². The van der Waals surface area contributed by atoms with Gasteiger partial charge in [0.2, 0.25) is 0 Å². The lowest BCUT2D eigenvalue weighted by atomic mass is 9.70. The molecule has 2 aliphatic carbocycles. The van der Waals surface area contributed by atoms with Crippen molar-refractivity contribution < 1.29 is 14.7 Å². The van der Waals surface area contributed by atoms with Crippen LogP contribution in [0.25, 0.3) is 0 Å². The quantitative estimate of drug-likeness (QED) is 0.783. The molecule has 0 aliphatic heterocycles. The molecular weight excluding hydrogens is 228 g/mol. The van der Waals surface area contributed by atoms with E-state index in [9.17, 15) is 9.59 Å². The maximum Gasteiger partial charge on any atom is 0.310 e. The summed E-state index contributed by atoms with van der Waals surface area (Å²) in [5.41, 5.74) is 0.454. The van der Waals surface area contributed by atoms with E-state index in [1.807, 2.05) is 13.8 Å². The molecule has 2 saturated carbocycles. The number of rotatable bonds is 3. The van der Waals surface area contributed by atoms with Crippen molar-refractivity contribution in [2.75, 3.05) is 0 Å². The first-order valence-electron chi connectivity index (χ1n) is 6.75. The molecule has 2 aliphatic rings. The fourth-order valence-corrected chi connectivity index (χ4v) is 3.70. The zero-order valence-electron chi connectivity index (χ0n) is 11.6. The number of carboxylic acid groups (broad SMARTS) is 1. The third kappa shape index (κ3) is 1.49. The molecule has 3 nitrogen and oxygen atoms in total. The normalized spacial score (nSPS) is 37.2. The molecule has 0 aromatic carbocycles. The highest BCUT2D eigenvalue weighted by Crippen LogP contribution is 2.65. The number of hydrogen-bond acceptors (Lipinski definition) is 2. The van der Waals surface area contributed by atoms with Crippen molar-refractivity contribution in [3.05, 3.63) is 11.6 Å². The molecule has 2 fully saturated rings. The van der Waals surface area contributed by atoms with Crippen LogP contribution in [0.4, 0.5) is 0 Å². The van der Waals surface area contributed by atoms with Crippen molar-refractivity contribution in [3.63, 3.8) is 0 Å². The van der Waals surface area contributed by atoms with Gasteiger partial charge in [-0.15, -0.1) is 0 Å². The second kappa shape index (κ2) is 3.94. The molecule has 3 heteroatoms. The minimum atomic E-state index is -0.830. The first-order chi connectivity index (χ1) is 8.25. The van der Waals surface area contributed by atoms with Crippen LogP contribution in [0.5, 0.6) is 0 Å². The van der Waals surface area contributed by atoms with E-state index in [0.29, 0.717) is 6.42 Å². The van der Waals surface area contributed by atoms with Crippen LogP contribution in [-0.2, 0) is 9.59 Å². The van der Waals surface area contributed by atoms with E-state index in [1.54, 1.807) is 6.08 Å². The first kappa shape index (κ1) is 13.3. The van der Waals surface area contributed by atoms with Gasteiger partial charge in [0.1, 0.15) is 0 Å². The predicted molar refractivity (Wildman–Crippen MR) is 69.1 cm³/mol. The van der Waals surface area contributed by atoms with Crippen LogP contribution in [0.2, 0.25) is 0 Å². The van der Waals surface area contributed by atoms with E-state index in [1.165, 1.54) is 0 Å². The second-order valence-electron chi connectivity index (χ2n) is 6.45. The number of carbonyl (C=O) groups excluding carboxylic acids is 1. The Morgan fingerprint density at radius 2 is 2.11 bits per heavy atom. The van der Waals surface area contributed by atoms with Gasteiger partial charge in [-0.25, -0.2) is 0 Å². The van der Waals surface area contributed by atoms with Gasteiger partial charge in [-0.05, 0) is 36.2 Å². The molecule has 0 radical (unpaired) electrons. The number of ketones is 1. The Hall–Kier alpha value is -1.12. The third-order valence-electron chi connectivity index (χ3n) is 5.50. The summed E-state index contributed by atoms with van der Waals surface area (Å²) >= 11 is 0. The molecule has 100 valence electrons. The SMILES string of the molecule is CC[C@H](/C=C1/C(=O)[C@]2(C)CC[C@@H]1C2(C)C)C(=O)O. The Morgan fingerprint density at radius 1 is 1.50 bits per heavy atom. The van der Waals surface area contributed by atoms with Gasteiger partial charge in [-0.3, -0.25) is 9.59 Å². The number of carboxylic acids is 1. The van der Waals surface area contributed by atoms with Crippen molar-refractivity contribution in [2.24, 2.45) is 22.7 Å². The molecule has 2 bridgehead atoms. The van der Waals surface area contributed by atoms with E-state index >= 15 is 0 Å². The van der Waals surface area contributed by atoms with E-state index in [2.05, 4.69) is 13.8 Å². The Labute approximate surface area is 108 Å². The summed E-state index contributed by atoms with van der Waals surface area (Å²) in [4.78, 5) is 23.6. The standard InChI is InChI=1S/C15H22O3/c1-5-9(13(17)18)8-10-11-6-7-15(4,12(10)16)14(11,2)3/h8-9,11H,5-7H2,1-4H3,(H,17,18)/b10-8+/t9-,11+,15+/m1/s1. The summed E-state index contributed by atoms with van der Waals surface area (Å²) in [7, 11) is 0. The molecule has 1 N–H and O–H groups in total. The Balaban J connectivity index is 2.41. The van der Waals surface area contributed by atoms with Gasteiger partial charge in [-0.1, -0.05) is 33.8 Å². The molecule has 0 aromatic rings. The Bertz CT molecular complexity index is 433. The third-order valence-corrected chi connectivity index (χ3v) is 5.50. The highest BCUT2D eigenvalue weighted by atomic mass is 16.4. The Morgan fingerprint density at radius 3 is 2.50 bits per heavy atom. The lowest BCUT2D eigenvalue weighted by Gasteiger charge is -2.31. The molecule has 0 aromatic heterocycles. The van der Waals surface area contributed by atoms with Gasteiger partial charge in [0.15, 0.2) is 5.78 Å². The van der Waals surface area contributed by atoms with Crippen LogP contribution >= 0.6 is 0 Å². The van der Waals surface area contributed by atoms with Crippen molar-refractivity contribution in [1.82, 2.24) is 0 Å². The summed E-state index contributed by atoms with van der Waals surface area (Å²) in [6.07, 6.45) is 4.21. The first-order valence-corrected chi connectivity index (χ1v) is 6.75. The van der Waals surface area contributed by atoms with E-state index in [4.69, 9.17) is 5.11 Å². The molecule has 0 unspecified atom stereocenters. The summed E-state index contributed by atoms with van der Waals surface area (Å²) in [6, 6.07) is 0. The van der Waals surface area contributed by atoms with Gasteiger partial charge in [0.05, 0.1) is 5.92 Å². The number of allylic oxidation sites excluding steroid dienone is 1. The van der Waals surface area contributed by atoms with Crippen LogP contribution in [0, 0.1) is 22.7 Å². The fourth-order valence-electron chi connectivity index (χ4n) is 3.70. The van der Waals surface area contributed by atoms with Crippen LogP contribution in [0.1, 0.15) is 47.0 Å². The Kier molecular flexibility index (Phi) is 2.91. The van der Waals surface area contributed by atoms with Crippen molar-refractivity contribution in [1.29, 1.82) is 0 Å². The van der Waals surface area contributed by atoms with Crippen molar-refractivity contribution in [3.8, 4) is 0 Å². The van der Waals surface area contributed by atoms with Crippen molar-refractivity contribution >= 4 is 11.8 Å². The molecule has 0 saturated heterocycles. The molecule has 0 amide bonds. The molecule has 3 atom stereocenters. The molecular formula is C15H22O3. The van der Waals surface area contributed by atoms with Gasteiger partial charge in [0, 0.05) is 5.41 Å². The van der Waals surface area contributed by atoms with Crippen LogP contribution in [-0.4, -0.2) is 16.9 Å². The fraction of sp³-hybridized carbons (Fsp3) is 0.733. The monoisotopic (exact) mass is 250 g/mol. The zero-order valence-corrected chi connectivity index (χ0v) is 11.6. The number of hydrogen-bond donors (Lipinski definition) is 1. The molecule has 0 heterocycles. The second-order valence-corrected chi connectivity index (χ2v) is 6.45. The zero-order chi connectivity index (χ0) is 13.7. The maximum atomic E-state index is 12.5. The topological polar surface area (TPSA) is 54.4 Å². The van der Waals surface area contributed by atoms with Gasteiger partial charge >= 0.3 is 5.97 Å². The molecule has 18 heavy (non-hydrogen) atoms. The summed E-state index contributed by atoms with van der Waals surface area (Å²) in [6.45, 7) is 8.18. The van der Waals surface area contributed by atoms with Crippen LogP contribution in [0.3, 0.4) is 0 Å². The van der Waals surface area contributed by atoms with Gasteiger partial charge in [-0.2, -0.15) is 0 Å². The summed E-state index contributed by atoms with van der Waals surface area (Å²) in [5, 5.41) is 9.13. The van der Waals surface area contributed by atoms with E-state index in [0.717, 1.165) is 18.4 Å². The lowest BCUT2D eigenvalue weighted by Crippen LogP contribution is -2.32. The largest absolute Gasteiger partial charge is 0.481 e. The predicted octanol–water partition coefficient (Wildman–Crippen LogP) is 3.05. The molecule has 0 spiro atoms. The van der Waals surface area contributed by atoms with Crippen LogP contribution in [0.15, 0.2) is 11.6 Å². The minimum absolute atomic E-state index is 0.0350. The van der Waals surface area contributed by atoms with Gasteiger partial charge in [0.25, 0.3) is 0 Å². The number of fused-ring (bicyclic) bond motifs is 2. The highest BCUT2D eigenvalue weighted by molar-refractivity contribution is 6.05. The number of carbonyl (C=O) groups is 2. The minimum Gasteiger partial charge on any atom is -0.481 e. The van der Waals surface area contributed by atoms with E-state index in [-0.39, 0.29) is 22.5 Å². The summed E-state index contributed by atoms with van der Waals surface area (Å²) < 4.78 is 0. The highest BCUT2D eigenvalue weighted by Gasteiger charge is 2.63. The lowest BCUT2D eigenvalue weighted by molar-refractivity contribution is -0.140. The number of Topliss-reactive ketones (excluding diaryl/α,β-unsaturated/α-hetero) is 1. The number of aliphatic carboxylic acids is 1. The maximum absolute atomic E-state index is 12.5. The molecule has 2 rings (SSSR count). The smallest absolute Gasteiger partial charge is 0.310 e. The average molecular weight is 250 g/mol. The van der Waals surface area contributed by atoms with Crippen LogP contribution < -0.4 is 0 Å². The van der Waals surface area contributed by atoms with E-state index < -0.39 is 11.9 Å². The summed E-state index contributed by atoms with van der Waals surface area (Å²) in [5.74, 6) is -0.932.